The van der Waals surface area contributed by atoms with E-state index in [1.165, 1.54) is 12.0 Å². The van der Waals surface area contributed by atoms with E-state index in [2.05, 4.69) is 51.0 Å². The third-order valence-corrected chi connectivity index (χ3v) is 4.25. The van der Waals surface area contributed by atoms with Crippen molar-refractivity contribution in [1.82, 2.24) is 14.5 Å². The molecule has 4 heteroatoms. The van der Waals surface area contributed by atoms with E-state index in [1.54, 1.807) is 0 Å². The highest BCUT2D eigenvalue weighted by molar-refractivity contribution is 5.14. The standard InChI is InChI=1S/C18H25N3O/c1-15-13-20(2)18(19-15)17-14-21(11-12-22-17)10-6-9-16-7-4-3-5-8-16/h3-5,7-8,13,17H,6,9-12,14H2,1-2H3/t17-/m0/s1. The zero-order chi connectivity index (χ0) is 15.4. The number of morpholine rings is 1. The fourth-order valence-corrected chi connectivity index (χ4v) is 3.15. The van der Waals surface area contributed by atoms with Gasteiger partial charge in [-0.2, -0.15) is 0 Å². The van der Waals surface area contributed by atoms with Crippen molar-refractivity contribution in [1.29, 1.82) is 0 Å². The lowest BCUT2D eigenvalue weighted by Crippen LogP contribution is -2.39. The highest BCUT2D eigenvalue weighted by Gasteiger charge is 2.24. The van der Waals surface area contributed by atoms with Crippen molar-refractivity contribution >= 4 is 0 Å². The first-order valence-electron chi connectivity index (χ1n) is 8.10. The third kappa shape index (κ3) is 3.76. The second-order valence-corrected chi connectivity index (χ2v) is 6.10. The molecular formula is C18H25N3O. The van der Waals surface area contributed by atoms with Gasteiger partial charge in [0, 0.05) is 26.3 Å². The summed E-state index contributed by atoms with van der Waals surface area (Å²) in [7, 11) is 2.05. The molecule has 1 aliphatic heterocycles. The van der Waals surface area contributed by atoms with E-state index in [4.69, 9.17) is 4.74 Å². The van der Waals surface area contributed by atoms with Crippen LogP contribution in [0.15, 0.2) is 36.5 Å². The maximum Gasteiger partial charge on any atom is 0.139 e. The van der Waals surface area contributed by atoms with E-state index >= 15 is 0 Å². The Morgan fingerprint density at radius 1 is 1.27 bits per heavy atom. The lowest BCUT2D eigenvalue weighted by molar-refractivity contribution is -0.0357. The summed E-state index contributed by atoms with van der Waals surface area (Å²) in [4.78, 5) is 7.11. The molecule has 1 aromatic carbocycles. The number of imidazole rings is 1. The Hall–Kier alpha value is -1.65. The van der Waals surface area contributed by atoms with Crippen molar-refractivity contribution in [2.24, 2.45) is 7.05 Å². The van der Waals surface area contributed by atoms with Crippen LogP contribution in [0.5, 0.6) is 0 Å². The van der Waals surface area contributed by atoms with Crippen molar-refractivity contribution < 1.29 is 4.74 Å². The summed E-state index contributed by atoms with van der Waals surface area (Å²) >= 11 is 0. The minimum atomic E-state index is 0.101. The van der Waals surface area contributed by atoms with Crippen LogP contribution in [0.1, 0.15) is 29.6 Å². The number of aromatic nitrogens is 2. The molecule has 3 rings (SSSR count). The molecule has 0 N–H and O–H groups in total. The first-order chi connectivity index (χ1) is 10.7. The van der Waals surface area contributed by atoms with Gasteiger partial charge in [0.15, 0.2) is 0 Å². The number of hydrogen-bond donors (Lipinski definition) is 0. The van der Waals surface area contributed by atoms with Crippen LogP contribution in [0.4, 0.5) is 0 Å². The first-order valence-corrected chi connectivity index (χ1v) is 8.10. The van der Waals surface area contributed by atoms with Gasteiger partial charge >= 0.3 is 0 Å². The maximum absolute atomic E-state index is 5.93. The second kappa shape index (κ2) is 7.07. The van der Waals surface area contributed by atoms with Gasteiger partial charge in [-0.05, 0) is 31.9 Å². The topological polar surface area (TPSA) is 30.3 Å². The van der Waals surface area contributed by atoms with Crippen molar-refractivity contribution in [3.05, 3.63) is 53.6 Å². The molecule has 118 valence electrons. The Labute approximate surface area is 132 Å². The zero-order valence-corrected chi connectivity index (χ0v) is 13.5. The van der Waals surface area contributed by atoms with Gasteiger partial charge in [0.2, 0.25) is 0 Å². The first kappa shape index (κ1) is 15.3. The van der Waals surface area contributed by atoms with Crippen LogP contribution >= 0.6 is 0 Å². The molecule has 0 radical (unpaired) electrons. The number of ether oxygens (including phenoxy) is 1. The summed E-state index contributed by atoms with van der Waals surface area (Å²) < 4.78 is 8.02. The SMILES string of the molecule is Cc1cn(C)c([C@@H]2CN(CCCc3ccccc3)CCO2)n1. The molecule has 2 heterocycles. The minimum Gasteiger partial charge on any atom is -0.368 e. The summed E-state index contributed by atoms with van der Waals surface area (Å²) in [6.07, 6.45) is 4.50. The summed E-state index contributed by atoms with van der Waals surface area (Å²) in [5.74, 6) is 1.05. The molecule has 0 spiro atoms. The van der Waals surface area contributed by atoms with Crippen LogP contribution in [0, 0.1) is 6.92 Å². The van der Waals surface area contributed by atoms with Crippen molar-refractivity contribution in [2.45, 2.75) is 25.9 Å². The molecule has 22 heavy (non-hydrogen) atoms. The molecule has 1 fully saturated rings. The van der Waals surface area contributed by atoms with E-state index in [0.29, 0.717) is 0 Å². The zero-order valence-electron chi connectivity index (χ0n) is 13.5. The Kier molecular flexibility index (Phi) is 4.90. The summed E-state index contributed by atoms with van der Waals surface area (Å²) in [6.45, 7) is 5.91. The molecule has 1 aliphatic rings. The second-order valence-electron chi connectivity index (χ2n) is 6.10. The van der Waals surface area contributed by atoms with Gasteiger partial charge in [-0.25, -0.2) is 4.98 Å². The van der Waals surface area contributed by atoms with Gasteiger partial charge in [0.1, 0.15) is 11.9 Å². The fourth-order valence-electron chi connectivity index (χ4n) is 3.15. The van der Waals surface area contributed by atoms with Crippen molar-refractivity contribution in [3.63, 3.8) is 0 Å². The monoisotopic (exact) mass is 299 g/mol. The Morgan fingerprint density at radius 3 is 2.82 bits per heavy atom. The molecule has 2 aromatic rings. The normalized spacial score (nSPS) is 19.5. The van der Waals surface area contributed by atoms with E-state index in [1.807, 2.05) is 14.0 Å². The molecule has 0 bridgehead atoms. The predicted molar refractivity (Wildman–Crippen MR) is 87.8 cm³/mol. The number of benzene rings is 1. The van der Waals surface area contributed by atoms with Crippen LogP contribution in [-0.2, 0) is 18.2 Å². The molecule has 1 saturated heterocycles. The fraction of sp³-hybridized carbons (Fsp3) is 0.500. The van der Waals surface area contributed by atoms with Gasteiger partial charge in [-0.1, -0.05) is 30.3 Å². The molecule has 0 aliphatic carbocycles. The number of aryl methyl sites for hydroxylation is 3. The van der Waals surface area contributed by atoms with Gasteiger partial charge in [0.05, 0.1) is 12.3 Å². The van der Waals surface area contributed by atoms with Crippen LogP contribution in [0.2, 0.25) is 0 Å². The average Bonchev–Trinajstić information content (AvgIpc) is 2.87. The molecule has 0 amide bonds. The third-order valence-electron chi connectivity index (χ3n) is 4.25. The largest absolute Gasteiger partial charge is 0.368 e. The van der Waals surface area contributed by atoms with Crippen LogP contribution in [-0.4, -0.2) is 40.7 Å². The number of rotatable bonds is 5. The molecule has 0 unspecified atom stereocenters. The van der Waals surface area contributed by atoms with Crippen LogP contribution < -0.4 is 0 Å². The Bertz CT molecular complexity index is 594. The molecule has 1 aromatic heterocycles. The van der Waals surface area contributed by atoms with Crippen molar-refractivity contribution in [2.75, 3.05) is 26.2 Å². The highest BCUT2D eigenvalue weighted by atomic mass is 16.5. The van der Waals surface area contributed by atoms with Gasteiger partial charge < -0.3 is 9.30 Å². The summed E-state index contributed by atoms with van der Waals surface area (Å²) in [6, 6.07) is 10.7. The van der Waals surface area contributed by atoms with Crippen LogP contribution in [0.25, 0.3) is 0 Å². The van der Waals surface area contributed by atoms with Gasteiger partial charge in [0.25, 0.3) is 0 Å². The maximum atomic E-state index is 5.93. The quantitative estimate of drug-likeness (QED) is 0.850. The van der Waals surface area contributed by atoms with E-state index in [-0.39, 0.29) is 6.10 Å². The summed E-state index contributed by atoms with van der Waals surface area (Å²) in [5, 5.41) is 0. The highest BCUT2D eigenvalue weighted by Crippen LogP contribution is 2.21. The Morgan fingerprint density at radius 2 is 2.09 bits per heavy atom. The predicted octanol–water partition coefficient (Wildman–Crippen LogP) is 2.73. The van der Waals surface area contributed by atoms with Gasteiger partial charge in [-0.15, -0.1) is 0 Å². The smallest absolute Gasteiger partial charge is 0.139 e. The van der Waals surface area contributed by atoms with E-state index in [0.717, 1.165) is 44.2 Å². The number of hydrogen-bond acceptors (Lipinski definition) is 3. The molecule has 4 nitrogen and oxygen atoms in total. The summed E-state index contributed by atoms with van der Waals surface area (Å²) in [5.41, 5.74) is 2.48. The lowest BCUT2D eigenvalue weighted by Gasteiger charge is -2.32. The molecular weight excluding hydrogens is 274 g/mol. The van der Waals surface area contributed by atoms with E-state index in [9.17, 15) is 0 Å². The molecule has 1 atom stereocenters. The van der Waals surface area contributed by atoms with Crippen LogP contribution in [0.3, 0.4) is 0 Å². The lowest BCUT2D eigenvalue weighted by atomic mass is 10.1. The number of nitrogens with zero attached hydrogens (tertiary/aromatic N) is 3. The molecule has 0 saturated carbocycles. The minimum absolute atomic E-state index is 0.101. The van der Waals surface area contributed by atoms with Crippen molar-refractivity contribution in [3.8, 4) is 0 Å². The van der Waals surface area contributed by atoms with Gasteiger partial charge in [-0.3, -0.25) is 4.90 Å². The average molecular weight is 299 g/mol. The Balaban J connectivity index is 1.51. The van der Waals surface area contributed by atoms with E-state index < -0.39 is 0 Å².